The van der Waals surface area contributed by atoms with Crippen LogP contribution in [0.4, 0.5) is 0 Å². The Morgan fingerprint density at radius 2 is 1.79 bits per heavy atom. The molecule has 0 bridgehead atoms. The van der Waals surface area contributed by atoms with E-state index >= 15 is 0 Å². The first kappa shape index (κ1) is 12.4. The number of aliphatic hydroxyl groups excluding tert-OH is 1. The van der Waals surface area contributed by atoms with Crippen molar-refractivity contribution in [1.29, 1.82) is 0 Å². The van der Waals surface area contributed by atoms with Crippen molar-refractivity contribution in [2.75, 3.05) is 6.61 Å². The van der Waals surface area contributed by atoms with Gasteiger partial charge in [0.1, 0.15) is 0 Å². The Balaban J connectivity index is 1.78. The molecule has 0 saturated carbocycles. The highest BCUT2D eigenvalue weighted by molar-refractivity contribution is 5.31. The number of fused-ring (bicyclic) bond motifs is 1. The predicted octanol–water partition coefficient (Wildman–Crippen LogP) is 3.42. The van der Waals surface area contributed by atoms with E-state index in [2.05, 4.69) is 18.2 Å². The lowest BCUT2D eigenvalue weighted by atomic mass is 9.92. The summed E-state index contributed by atoms with van der Waals surface area (Å²) in [4.78, 5) is 0. The summed E-state index contributed by atoms with van der Waals surface area (Å²) >= 11 is 0. The maximum absolute atomic E-state index is 10.3. The van der Waals surface area contributed by atoms with Crippen molar-refractivity contribution in [2.45, 2.75) is 25.0 Å². The first-order valence-corrected chi connectivity index (χ1v) is 6.77. The van der Waals surface area contributed by atoms with Crippen LogP contribution in [0.5, 0.6) is 0 Å². The van der Waals surface area contributed by atoms with Crippen LogP contribution in [0.25, 0.3) is 0 Å². The Hall–Kier alpha value is -1.64. The summed E-state index contributed by atoms with van der Waals surface area (Å²) in [6.45, 7) is 0.739. The molecule has 1 aliphatic rings. The van der Waals surface area contributed by atoms with Gasteiger partial charge in [-0.1, -0.05) is 54.6 Å². The van der Waals surface area contributed by atoms with Crippen LogP contribution in [0.2, 0.25) is 0 Å². The molecule has 98 valence electrons. The SMILES string of the molecule is OC(CC1OCCc2ccccc21)c1ccccc1. The fourth-order valence-corrected chi connectivity index (χ4v) is 2.69. The zero-order chi connectivity index (χ0) is 13.1. The summed E-state index contributed by atoms with van der Waals surface area (Å²) in [6, 6.07) is 18.1. The van der Waals surface area contributed by atoms with Gasteiger partial charge in [-0.05, 0) is 23.1 Å². The van der Waals surface area contributed by atoms with Gasteiger partial charge in [0.2, 0.25) is 0 Å². The zero-order valence-corrected chi connectivity index (χ0v) is 10.8. The zero-order valence-electron chi connectivity index (χ0n) is 10.8. The van der Waals surface area contributed by atoms with Crippen LogP contribution in [0, 0.1) is 0 Å². The molecule has 0 amide bonds. The highest BCUT2D eigenvalue weighted by Crippen LogP contribution is 2.34. The second kappa shape index (κ2) is 5.55. The first-order chi connectivity index (χ1) is 9.34. The van der Waals surface area contributed by atoms with E-state index < -0.39 is 6.10 Å². The van der Waals surface area contributed by atoms with Crippen molar-refractivity contribution >= 4 is 0 Å². The summed E-state index contributed by atoms with van der Waals surface area (Å²) in [7, 11) is 0. The van der Waals surface area contributed by atoms with E-state index in [1.807, 2.05) is 36.4 Å². The number of hydrogen-bond acceptors (Lipinski definition) is 2. The van der Waals surface area contributed by atoms with Gasteiger partial charge in [0.15, 0.2) is 0 Å². The number of aliphatic hydroxyl groups is 1. The predicted molar refractivity (Wildman–Crippen MR) is 74.9 cm³/mol. The Bertz CT molecular complexity index is 536. The normalized spacial score (nSPS) is 19.7. The lowest BCUT2D eigenvalue weighted by Crippen LogP contribution is -2.18. The van der Waals surface area contributed by atoms with Crippen LogP contribution in [0.1, 0.15) is 35.3 Å². The van der Waals surface area contributed by atoms with Gasteiger partial charge in [0, 0.05) is 6.42 Å². The monoisotopic (exact) mass is 254 g/mol. The fraction of sp³-hybridized carbons (Fsp3) is 0.294. The second-order valence-corrected chi connectivity index (χ2v) is 4.97. The molecule has 2 atom stereocenters. The molecule has 2 aromatic carbocycles. The molecule has 0 aromatic heterocycles. The van der Waals surface area contributed by atoms with E-state index in [0.717, 1.165) is 18.6 Å². The van der Waals surface area contributed by atoms with Crippen molar-refractivity contribution in [3.63, 3.8) is 0 Å². The molecule has 0 aliphatic carbocycles. The van der Waals surface area contributed by atoms with Gasteiger partial charge < -0.3 is 9.84 Å². The number of benzene rings is 2. The number of rotatable bonds is 3. The molecule has 2 aromatic rings. The Kier molecular flexibility index (Phi) is 3.62. The van der Waals surface area contributed by atoms with Crippen LogP contribution < -0.4 is 0 Å². The van der Waals surface area contributed by atoms with Gasteiger partial charge in [-0.15, -0.1) is 0 Å². The van der Waals surface area contributed by atoms with E-state index in [-0.39, 0.29) is 6.10 Å². The minimum atomic E-state index is -0.475. The molecular formula is C17H18O2. The molecule has 0 saturated heterocycles. The molecule has 0 radical (unpaired) electrons. The van der Waals surface area contributed by atoms with Crippen molar-refractivity contribution in [3.05, 3.63) is 71.3 Å². The number of hydrogen-bond donors (Lipinski definition) is 1. The summed E-state index contributed by atoms with van der Waals surface area (Å²) in [5.41, 5.74) is 3.52. The quantitative estimate of drug-likeness (QED) is 0.909. The van der Waals surface area contributed by atoms with E-state index in [1.54, 1.807) is 0 Å². The lowest BCUT2D eigenvalue weighted by Gasteiger charge is -2.27. The Morgan fingerprint density at radius 1 is 1.05 bits per heavy atom. The van der Waals surface area contributed by atoms with Gasteiger partial charge in [0.05, 0.1) is 18.8 Å². The molecule has 1 heterocycles. The van der Waals surface area contributed by atoms with E-state index in [4.69, 9.17) is 4.74 Å². The summed E-state index contributed by atoms with van der Waals surface area (Å²) < 4.78 is 5.84. The maximum atomic E-state index is 10.3. The average molecular weight is 254 g/mol. The van der Waals surface area contributed by atoms with Gasteiger partial charge in [-0.2, -0.15) is 0 Å². The van der Waals surface area contributed by atoms with Gasteiger partial charge in [-0.3, -0.25) is 0 Å². The second-order valence-electron chi connectivity index (χ2n) is 4.97. The van der Waals surface area contributed by atoms with Crippen LogP contribution in [0.3, 0.4) is 0 Å². The van der Waals surface area contributed by atoms with Crippen LogP contribution in [0.15, 0.2) is 54.6 Å². The third-order valence-electron chi connectivity index (χ3n) is 3.71. The molecule has 0 spiro atoms. The fourth-order valence-electron chi connectivity index (χ4n) is 2.69. The standard InChI is InChI=1S/C17H18O2/c18-16(14-7-2-1-3-8-14)12-17-15-9-5-4-6-13(15)10-11-19-17/h1-9,16-18H,10-12H2. The minimum Gasteiger partial charge on any atom is -0.388 e. The molecule has 19 heavy (non-hydrogen) atoms. The third-order valence-corrected chi connectivity index (χ3v) is 3.71. The topological polar surface area (TPSA) is 29.5 Å². The first-order valence-electron chi connectivity index (χ1n) is 6.77. The van der Waals surface area contributed by atoms with Gasteiger partial charge in [-0.25, -0.2) is 0 Å². The smallest absolute Gasteiger partial charge is 0.0855 e. The molecular weight excluding hydrogens is 236 g/mol. The van der Waals surface area contributed by atoms with E-state index in [0.29, 0.717) is 6.42 Å². The third kappa shape index (κ3) is 2.70. The van der Waals surface area contributed by atoms with E-state index in [1.165, 1.54) is 11.1 Å². The van der Waals surface area contributed by atoms with Crippen molar-refractivity contribution in [1.82, 2.24) is 0 Å². The van der Waals surface area contributed by atoms with E-state index in [9.17, 15) is 5.11 Å². The molecule has 3 rings (SSSR count). The van der Waals surface area contributed by atoms with Crippen molar-refractivity contribution in [3.8, 4) is 0 Å². The Labute approximate surface area is 113 Å². The lowest BCUT2D eigenvalue weighted by molar-refractivity contribution is 0.00377. The molecule has 1 N–H and O–H groups in total. The van der Waals surface area contributed by atoms with Gasteiger partial charge in [0.25, 0.3) is 0 Å². The molecule has 2 unspecified atom stereocenters. The molecule has 1 aliphatic heterocycles. The Morgan fingerprint density at radius 3 is 2.63 bits per heavy atom. The molecule has 0 fully saturated rings. The average Bonchev–Trinajstić information content (AvgIpc) is 2.48. The number of ether oxygens (including phenoxy) is 1. The largest absolute Gasteiger partial charge is 0.388 e. The highest BCUT2D eigenvalue weighted by atomic mass is 16.5. The summed E-state index contributed by atoms with van der Waals surface area (Å²) in [5.74, 6) is 0. The van der Waals surface area contributed by atoms with Crippen LogP contribution >= 0.6 is 0 Å². The van der Waals surface area contributed by atoms with Crippen LogP contribution in [-0.4, -0.2) is 11.7 Å². The molecule has 2 nitrogen and oxygen atoms in total. The van der Waals surface area contributed by atoms with Crippen molar-refractivity contribution < 1.29 is 9.84 Å². The molecule has 2 heteroatoms. The van der Waals surface area contributed by atoms with Crippen LogP contribution in [-0.2, 0) is 11.2 Å². The summed E-state index contributed by atoms with van der Waals surface area (Å²) in [6.07, 6.45) is 1.10. The maximum Gasteiger partial charge on any atom is 0.0855 e. The van der Waals surface area contributed by atoms with Gasteiger partial charge >= 0.3 is 0 Å². The highest BCUT2D eigenvalue weighted by Gasteiger charge is 2.23. The van der Waals surface area contributed by atoms with Crippen molar-refractivity contribution in [2.24, 2.45) is 0 Å². The minimum absolute atomic E-state index is 0.000145. The summed E-state index contributed by atoms with van der Waals surface area (Å²) in [5, 5.41) is 10.3.